The van der Waals surface area contributed by atoms with Crippen LogP contribution < -0.4 is 9.64 Å². The first-order valence-electron chi connectivity index (χ1n) is 35.0. The molecule has 0 heterocycles. The Morgan fingerprint density at radius 2 is 0.808 bits per heavy atom. The maximum absolute atomic E-state index is 13.6. The number of carbonyl (C=O) groups is 3. The smallest absolute Gasteiger partial charge is 0.501 e. The van der Waals surface area contributed by atoms with Crippen molar-refractivity contribution in [1.82, 2.24) is 0 Å². The van der Waals surface area contributed by atoms with Crippen LogP contribution in [0.3, 0.4) is 0 Å². The van der Waals surface area contributed by atoms with E-state index in [2.05, 4.69) is 51.7 Å². The van der Waals surface area contributed by atoms with Gasteiger partial charge in [0, 0.05) is 54.3 Å². The molecule has 1 unspecified atom stereocenters. The summed E-state index contributed by atoms with van der Waals surface area (Å²) in [5.74, 6) is -12.6. The van der Waals surface area contributed by atoms with Crippen LogP contribution in [0.15, 0.2) is 4.90 Å². The lowest BCUT2D eigenvalue weighted by molar-refractivity contribution is -0.901. The summed E-state index contributed by atoms with van der Waals surface area (Å²) in [4.78, 5) is 34.6. The summed E-state index contributed by atoms with van der Waals surface area (Å²) in [5.41, 5.74) is -2.00. The van der Waals surface area contributed by atoms with Gasteiger partial charge in [0.1, 0.15) is 34.6 Å². The second-order valence-corrected chi connectivity index (χ2v) is 39.1. The maximum atomic E-state index is 13.6. The first-order chi connectivity index (χ1) is 46.3. The molecule has 0 bridgehead atoms. The van der Waals surface area contributed by atoms with Gasteiger partial charge in [0.15, 0.2) is 28.3 Å². The van der Waals surface area contributed by atoms with E-state index < -0.39 is 86.3 Å². The average molecular weight is 1510 g/mol. The van der Waals surface area contributed by atoms with Gasteiger partial charge < -0.3 is 83.7 Å². The van der Waals surface area contributed by atoms with Gasteiger partial charge in [-0.25, -0.2) is 17.2 Å². The first-order valence-corrected chi connectivity index (χ1v) is 44.6. The summed E-state index contributed by atoms with van der Waals surface area (Å²) in [6.07, 6.45) is 7.29. The molecule has 0 amide bonds. The molecule has 1 aromatic carbocycles. The predicted molar refractivity (Wildman–Crippen MR) is 381 cm³/mol. The van der Waals surface area contributed by atoms with E-state index in [9.17, 15) is 44.9 Å². The zero-order valence-electron chi connectivity index (χ0n) is 65.1. The van der Waals surface area contributed by atoms with Gasteiger partial charge in [0.25, 0.3) is 0 Å². The third-order valence-corrected chi connectivity index (χ3v) is 27.0. The zero-order valence-corrected chi connectivity index (χ0v) is 68.9. The number of carbonyl (C=O) groups excluding carboxylic acids is 3. The van der Waals surface area contributed by atoms with Crippen molar-refractivity contribution < 1.29 is 124 Å². The Morgan fingerprint density at radius 1 is 0.475 bits per heavy atom. The van der Waals surface area contributed by atoms with Crippen LogP contribution in [0.1, 0.15) is 155 Å². The van der Waals surface area contributed by atoms with Crippen molar-refractivity contribution in [3.05, 3.63) is 23.3 Å². The highest BCUT2D eigenvalue weighted by atomic mass is 32.2. The second kappa shape index (κ2) is 58.6. The summed E-state index contributed by atoms with van der Waals surface area (Å²) < 4.78 is 172. The number of ether oxygens (including phenoxy) is 12. The zero-order chi connectivity index (χ0) is 76.8. The quantitative estimate of drug-likeness (QED) is 0.0121. The average Bonchev–Trinajstić information content (AvgIpc) is 0.768. The Bertz CT molecular complexity index is 2250. The summed E-state index contributed by atoms with van der Waals surface area (Å²) in [6, 6.07) is 2.98. The number of rotatable bonds is 53. The van der Waals surface area contributed by atoms with Gasteiger partial charge in [0.2, 0.25) is 17.4 Å². The van der Waals surface area contributed by atoms with E-state index in [0.717, 1.165) is 71.2 Å². The lowest BCUT2D eigenvalue weighted by Gasteiger charge is -2.34. The molecule has 0 saturated carbocycles. The number of hydrogen-bond donors (Lipinski definition) is 1. The molecule has 0 aliphatic rings. The van der Waals surface area contributed by atoms with Crippen LogP contribution in [0.4, 0.5) is 17.6 Å². The molecular formula is C68H135F4NO22SSi3. The van der Waals surface area contributed by atoms with Crippen LogP contribution in [0.5, 0.6) is 5.75 Å². The van der Waals surface area contributed by atoms with E-state index >= 15 is 0 Å². The van der Waals surface area contributed by atoms with Crippen LogP contribution in [0.2, 0.25) is 44.3 Å². The SMILES string of the molecule is CCC(C)(C)C(=O)Oc1c(F)c(F)c(S(=O)(=O)[O-])c(F)c1F.CCC(C)OCCOCCOC.CCCC[Si](C)(C)O[Si](C)(C)CCCOC(=O)C(C)(C)CC.CCO[Si](CCCOC(=O)C(C)(C)CC)(OCC)OCC.COCCOCC[NH+](CCOCCOC)CCOCCOC. The van der Waals surface area contributed by atoms with E-state index in [1.807, 2.05) is 62.3 Å². The molecule has 1 atom stereocenters. The Hall–Kier alpha value is -2.65. The molecule has 0 spiro atoms. The number of halogens is 4. The van der Waals surface area contributed by atoms with Gasteiger partial charge in [-0.1, -0.05) is 47.5 Å². The summed E-state index contributed by atoms with van der Waals surface area (Å²) in [7, 11) is -4.89. The molecule has 1 N–H and O–H groups in total. The van der Waals surface area contributed by atoms with Crippen molar-refractivity contribution in [1.29, 1.82) is 0 Å². The Labute approximate surface area is 597 Å². The van der Waals surface area contributed by atoms with Crippen molar-refractivity contribution in [2.24, 2.45) is 16.2 Å². The van der Waals surface area contributed by atoms with Crippen LogP contribution in [0.25, 0.3) is 0 Å². The second-order valence-electron chi connectivity index (χ2n) is 26.2. The van der Waals surface area contributed by atoms with E-state index in [1.54, 1.807) is 35.4 Å². The number of nitrogens with one attached hydrogen (secondary N) is 1. The molecular weight excluding hydrogens is 1380 g/mol. The fourth-order valence-electron chi connectivity index (χ4n) is 7.95. The molecule has 1 rings (SSSR count). The number of unbranched alkanes of at least 4 members (excludes halogenated alkanes) is 1. The number of methoxy groups -OCH3 is 4. The third kappa shape index (κ3) is 50.4. The van der Waals surface area contributed by atoms with Gasteiger partial charge in [-0.2, -0.15) is 8.78 Å². The molecule has 31 heteroatoms. The normalized spacial score (nSPS) is 12.5. The lowest BCUT2D eigenvalue weighted by Crippen LogP contribution is -3.13. The predicted octanol–water partition coefficient (Wildman–Crippen LogP) is 11.8. The molecule has 0 saturated heterocycles. The van der Waals surface area contributed by atoms with Crippen molar-refractivity contribution in [2.75, 3.05) is 167 Å². The molecule has 99 heavy (non-hydrogen) atoms. The Kier molecular flexibility index (Phi) is 60.8. The maximum Gasteiger partial charge on any atom is 0.501 e. The lowest BCUT2D eigenvalue weighted by atomic mass is 9.91. The van der Waals surface area contributed by atoms with Crippen molar-refractivity contribution >= 4 is 53.5 Å². The standard InChI is InChI=1S/C17H38O3Si2.C15H33NO6.C15H32O5Si.C12H12F4O5S.C9H20O3/c1-9-11-14-21(5,6)20-22(7,8)15-12-13-19-16(18)17(3,4)10-2;1-17-10-13-20-7-4-16(5-8-21-14-11-18-2)6-9-22-15-12-19-3;1-7-15(5,6)14(16)17-12-11-13-21(18-8-2,19-9-3)20-10-4;1-4-12(2,3)11(17)21-9-5(13)7(15)10(22(18,19)20)8(16)6(9)14;1-4-9(2)12-8-7-11-6-5-10-3/h9-15H2,1-8H3;4-15H2,1-3H3;7-13H2,1-6H3;4H2,1-3H3,(H,18,19,20);9H,4-8H2,1-3H3. The monoisotopic (exact) mass is 1510 g/mol. The number of esters is 3. The van der Waals surface area contributed by atoms with Gasteiger partial charge in [-0.3, -0.25) is 14.4 Å². The van der Waals surface area contributed by atoms with Gasteiger partial charge >= 0.3 is 26.7 Å². The largest absolute Gasteiger partial charge is 0.744 e. The Balaban J connectivity index is -0.000000577. The summed E-state index contributed by atoms with van der Waals surface area (Å²) >= 11 is 0. The van der Waals surface area contributed by atoms with Crippen LogP contribution in [0, 0.1) is 39.5 Å². The molecule has 0 aromatic heterocycles. The number of hydrogen-bond acceptors (Lipinski definition) is 22. The van der Waals surface area contributed by atoms with Crippen molar-refractivity contribution in [3.63, 3.8) is 0 Å². The van der Waals surface area contributed by atoms with E-state index in [4.69, 9.17) is 69.5 Å². The minimum Gasteiger partial charge on any atom is -0.744 e. The minimum atomic E-state index is -5.81. The highest BCUT2D eigenvalue weighted by molar-refractivity contribution is 7.85. The van der Waals surface area contributed by atoms with E-state index in [-0.39, 0.29) is 23.8 Å². The summed E-state index contributed by atoms with van der Waals surface area (Å²) in [6.45, 7) is 51.5. The molecule has 23 nitrogen and oxygen atoms in total. The topological polar surface area (TPSA) is 261 Å². The third-order valence-electron chi connectivity index (χ3n) is 15.5. The fraction of sp³-hybridized carbons (Fsp3) is 0.868. The fourth-order valence-corrected chi connectivity index (χ4v) is 20.2. The molecule has 1 aromatic rings. The van der Waals surface area contributed by atoms with Crippen LogP contribution in [-0.4, -0.2) is 229 Å². The number of benzene rings is 1. The van der Waals surface area contributed by atoms with Crippen LogP contribution >= 0.6 is 0 Å². The van der Waals surface area contributed by atoms with Crippen molar-refractivity contribution in [3.8, 4) is 5.75 Å². The van der Waals surface area contributed by atoms with Gasteiger partial charge in [0.05, 0.1) is 121 Å². The molecule has 0 aliphatic heterocycles. The van der Waals surface area contributed by atoms with Crippen molar-refractivity contribution in [2.45, 2.75) is 211 Å². The summed E-state index contributed by atoms with van der Waals surface area (Å²) in [5, 5.41) is 0. The minimum absolute atomic E-state index is 0.0759. The number of quaternary nitrogens is 1. The molecule has 0 fully saturated rings. The molecule has 0 radical (unpaired) electrons. The first kappa shape index (κ1) is 103. The van der Waals surface area contributed by atoms with Gasteiger partial charge in [-0.05, 0) is 146 Å². The van der Waals surface area contributed by atoms with E-state index in [0.29, 0.717) is 118 Å². The highest BCUT2D eigenvalue weighted by Gasteiger charge is 2.40. The Morgan fingerprint density at radius 3 is 1.13 bits per heavy atom. The molecule has 590 valence electrons. The van der Waals surface area contributed by atoms with Crippen LogP contribution in [-0.2, 0) is 94.0 Å². The molecule has 0 aliphatic carbocycles. The highest BCUT2D eigenvalue weighted by Crippen LogP contribution is 2.35. The van der Waals surface area contributed by atoms with Gasteiger partial charge in [-0.15, -0.1) is 0 Å². The van der Waals surface area contributed by atoms with E-state index in [1.165, 1.54) is 37.6 Å².